The molecule has 0 atom stereocenters. The van der Waals surface area contributed by atoms with Gasteiger partial charge in [0.1, 0.15) is 0 Å². The molecule has 0 fully saturated rings. The molecule has 0 N–H and O–H groups in total. The number of carbonyl (C=O) groups excluding carboxylic acids is 2. The molecule has 0 aliphatic heterocycles. The highest BCUT2D eigenvalue weighted by atomic mass is 16.6. The van der Waals surface area contributed by atoms with Crippen molar-refractivity contribution in [3.05, 3.63) is 39.9 Å². The summed E-state index contributed by atoms with van der Waals surface area (Å²) < 4.78 is 4.75. The van der Waals surface area contributed by atoms with Crippen LogP contribution in [0.5, 0.6) is 0 Å². The zero-order chi connectivity index (χ0) is 13.7. The first-order valence-corrected chi connectivity index (χ1v) is 5.03. The average molecular weight is 252 g/mol. The van der Waals surface area contributed by atoms with Gasteiger partial charge in [0.25, 0.3) is 11.6 Å². The summed E-state index contributed by atoms with van der Waals surface area (Å²) in [6.07, 6.45) is 0. The summed E-state index contributed by atoms with van der Waals surface area (Å²) in [5.41, 5.74) is 0.0445. The van der Waals surface area contributed by atoms with E-state index in [9.17, 15) is 19.7 Å². The van der Waals surface area contributed by atoms with Crippen molar-refractivity contribution >= 4 is 17.6 Å². The predicted molar refractivity (Wildman–Crippen MR) is 62.1 cm³/mol. The number of nitrogens with zero attached hydrogens (tertiary/aromatic N) is 2. The van der Waals surface area contributed by atoms with Gasteiger partial charge in [-0.05, 0) is 12.1 Å². The maximum absolute atomic E-state index is 11.5. The second-order valence-electron chi connectivity index (χ2n) is 3.67. The standard InChI is InChI=1S/C11H12N2O5/c1-12(2)10(14)7-18-11(15)8-3-5-9(6-4-8)13(16)17/h3-6H,7H2,1-2H3. The predicted octanol–water partition coefficient (Wildman–Crippen LogP) is 0.840. The SMILES string of the molecule is CN(C)C(=O)COC(=O)c1ccc([N+](=O)[O-])cc1. The van der Waals surface area contributed by atoms with Gasteiger partial charge < -0.3 is 9.64 Å². The van der Waals surface area contributed by atoms with Gasteiger partial charge in [-0.3, -0.25) is 14.9 Å². The lowest BCUT2D eigenvalue weighted by atomic mass is 10.2. The fourth-order valence-electron chi connectivity index (χ4n) is 1.06. The summed E-state index contributed by atoms with van der Waals surface area (Å²) in [5, 5.41) is 10.4. The number of rotatable bonds is 4. The maximum atomic E-state index is 11.5. The van der Waals surface area contributed by atoms with Gasteiger partial charge in [0.2, 0.25) is 0 Å². The summed E-state index contributed by atoms with van der Waals surface area (Å²) in [6, 6.07) is 4.95. The molecule has 1 rings (SSSR count). The van der Waals surface area contributed by atoms with Crippen LogP contribution in [0.2, 0.25) is 0 Å². The highest BCUT2D eigenvalue weighted by Crippen LogP contribution is 2.12. The number of nitro groups is 1. The van der Waals surface area contributed by atoms with Crippen molar-refractivity contribution in [1.29, 1.82) is 0 Å². The third-order valence-corrected chi connectivity index (χ3v) is 2.14. The first-order valence-electron chi connectivity index (χ1n) is 5.03. The van der Waals surface area contributed by atoms with Gasteiger partial charge in [-0.1, -0.05) is 0 Å². The first-order chi connectivity index (χ1) is 8.41. The molecule has 0 heterocycles. The molecule has 0 saturated carbocycles. The van der Waals surface area contributed by atoms with Crippen molar-refractivity contribution in [2.45, 2.75) is 0 Å². The Balaban J connectivity index is 2.62. The molecule has 0 aliphatic carbocycles. The number of esters is 1. The molecule has 0 saturated heterocycles. The second kappa shape index (κ2) is 5.76. The average Bonchev–Trinajstić information content (AvgIpc) is 2.35. The number of ether oxygens (including phenoxy) is 1. The molecular formula is C11H12N2O5. The lowest BCUT2D eigenvalue weighted by Gasteiger charge is -2.10. The van der Waals surface area contributed by atoms with E-state index in [0.717, 1.165) is 0 Å². The number of benzene rings is 1. The Morgan fingerprint density at radius 1 is 1.28 bits per heavy atom. The van der Waals surface area contributed by atoms with Gasteiger partial charge in [-0.15, -0.1) is 0 Å². The smallest absolute Gasteiger partial charge is 0.338 e. The Kier molecular flexibility index (Phi) is 4.36. The van der Waals surface area contributed by atoms with Gasteiger partial charge in [0, 0.05) is 26.2 Å². The number of likely N-dealkylation sites (N-methyl/N-ethyl adjacent to an activating group) is 1. The van der Waals surface area contributed by atoms with E-state index in [1.54, 1.807) is 14.1 Å². The Morgan fingerprint density at radius 2 is 1.83 bits per heavy atom. The Labute approximate surface area is 103 Å². The molecule has 1 aromatic carbocycles. The van der Waals surface area contributed by atoms with Crippen LogP contribution < -0.4 is 0 Å². The molecule has 0 aliphatic rings. The highest BCUT2D eigenvalue weighted by Gasteiger charge is 2.12. The minimum atomic E-state index is -0.694. The summed E-state index contributed by atoms with van der Waals surface area (Å²) in [4.78, 5) is 33.8. The fourth-order valence-corrected chi connectivity index (χ4v) is 1.06. The summed E-state index contributed by atoms with van der Waals surface area (Å²) in [7, 11) is 3.09. The normalized spacial score (nSPS) is 9.67. The van der Waals surface area contributed by atoms with Crippen molar-refractivity contribution in [1.82, 2.24) is 4.90 Å². The van der Waals surface area contributed by atoms with E-state index in [4.69, 9.17) is 4.74 Å². The maximum Gasteiger partial charge on any atom is 0.338 e. The molecule has 0 unspecified atom stereocenters. The van der Waals surface area contributed by atoms with Gasteiger partial charge in [0.15, 0.2) is 6.61 Å². The molecule has 18 heavy (non-hydrogen) atoms. The van der Waals surface area contributed by atoms with Crippen LogP contribution in [0.1, 0.15) is 10.4 Å². The summed E-state index contributed by atoms with van der Waals surface area (Å²) >= 11 is 0. The largest absolute Gasteiger partial charge is 0.452 e. The third-order valence-electron chi connectivity index (χ3n) is 2.14. The number of carbonyl (C=O) groups is 2. The van der Waals surface area contributed by atoms with Gasteiger partial charge in [-0.2, -0.15) is 0 Å². The number of hydrogen-bond donors (Lipinski definition) is 0. The molecule has 1 amide bonds. The molecule has 0 bridgehead atoms. The minimum Gasteiger partial charge on any atom is -0.452 e. The van der Waals surface area contributed by atoms with Crippen LogP contribution in [0, 0.1) is 10.1 Å². The minimum absolute atomic E-state index is 0.115. The Morgan fingerprint density at radius 3 is 2.28 bits per heavy atom. The van der Waals surface area contributed by atoms with Crippen LogP contribution >= 0.6 is 0 Å². The van der Waals surface area contributed by atoms with Crippen LogP contribution in [0.3, 0.4) is 0 Å². The van der Waals surface area contributed by atoms with Crippen molar-refractivity contribution in [3.63, 3.8) is 0 Å². The van der Waals surface area contributed by atoms with E-state index in [-0.39, 0.29) is 23.8 Å². The molecule has 96 valence electrons. The van der Waals surface area contributed by atoms with E-state index in [0.29, 0.717) is 0 Å². The van der Waals surface area contributed by atoms with Crippen molar-refractivity contribution < 1.29 is 19.2 Å². The number of non-ortho nitro benzene ring substituents is 1. The molecular weight excluding hydrogens is 240 g/mol. The molecule has 0 radical (unpaired) electrons. The van der Waals surface area contributed by atoms with Crippen molar-refractivity contribution in [2.75, 3.05) is 20.7 Å². The second-order valence-corrected chi connectivity index (χ2v) is 3.67. The number of nitro benzene ring substituents is 1. The lowest BCUT2D eigenvalue weighted by molar-refractivity contribution is -0.384. The monoisotopic (exact) mass is 252 g/mol. The van der Waals surface area contributed by atoms with E-state index in [1.165, 1.54) is 29.2 Å². The first kappa shape index (κ1) is 13.6. The van der Waals surface area contributed by atoms with Crippen LogP contribution in [0.25, 0.3) is 0 Å². The van der Waals surface area contributed by atoms with Gasteiger partial charge in [-0.25, -0.2) is 4.79 Å². The van der Waals surface area contributed by atoms with Gasteiger partial charge in [0.05, 0.1) is 10.5 Å². The molecule has 0 aromatic heterocycles. The molecule has 7 nitrogen and oxygen atoms in total. The molecule has 0 spiro atoms. The topological polar surface area (TPSA) is 89.8 Å². The van der Waals surface area contributed by atoms with Crippen LogP contribution in [0.4, 0.5) is 5.69 Å². The van der Waals surface area contributed by atoms with E-state index in [1.807, 2.05) is 0 Å². The highest BCUT2D eigenvalue weighted by molar-refractivity contribution is 5.91. The van der Waals surface area contributed by atoms with Crippen LogP contribution in [-0.2, 0) is 9.53 Å². The Hall–Kier alpha value is -2.44. The van der Waals surface area contributed by atoms with Gasteiger partial charge >= 0.3 is 5.97 Å². The fraction of sp³-hybridized carbons (Fsp3) is 0.273. The summed E-state index contributed by atoms with van der Waals surface area (Å²) in [6.45, 7) is -0.358. The molecule has 1 aromatic rings. The van der Waals surface area contributed by atoms with Crippen LogP contribution in [-0.4, -0.2) is 42.4 Å². The van der Waals surface area contributed by atoms with E-state index in [2.05, 4.69) is 0 Å². The summed E-state index contributed by atoms with van der Waals surface area (Å²) in [5.74, 6) is -1.04. The molecule has 7 heteroatoms. The van der Waals surface area contributed by atoms with Crippen LogP contribution in [0.15, 0.2) is 24.3 Å². The van der Waals surface area contributed by atoms with Crippen molar-refractivity contribution in [3.8, 4) is 0 Å². The lowest BCUT2D eigenvalue weighted by Crippen LogP contribution is -2.27. The number of hydrogen-bond acceptors (Lipinski definition) is 5. The van der Waals surface area contributed by atoms with E-state index < -0.39 is 10.9 Å². The zero-order valence-electron chi connectivity index (χ0n) is 9.95. The zero-order valence-corrected chi connectivity index (χ0v) is 9.95. The van der Waals surface area contributed by atoms with Crippen molar-refractivity contribution in [2.24, 2.45) is 0 Å². The number of amides is 1. The Bertz CT molecular complexity index is 467. The van der Waals surface area contributed by atoms with E-state index >= 15 is 0 Å². The quantitative estimate of drug-likeness (QED) is 0.450. The third kappa shape index (κ3) is 3.55.